The normalized spacial score (nSPS) is 18.7. The number of hydrogen-bond donors (Lipinski definition) is 2. The molecule has 1 aromatic carbocycles. The average molecular weight is 381 g/mol. The number of carbonyl (C=O) groups is 1. The summed E-state index contributed by atoms with van der Waals surface area (Å²) in [6.07, 6.45) is 5.64. The molecule has 134 valence electrons. The lowest BCUT2D eigenvalue weighted by molar-refractivity contribution is 0.102. The highest BCUT2D eigenvalue weighted by molar-refractivity contribution is 7.83. The first-order chi connectivity index (χ1) is 12.0. The van der Waals surface area contributed by atoms with E-state index in [0.29, 0.717) is 22.2 Å². The van der Waals surface area contributed by atoms with Crippen molar-refractivity contribution in [1.29, 1.82) is 0 Å². The summed E-state index contributed by atoms with van der Waals surface area (Å²) in [5.41, 5.74) is 1.74. The Morgan fingerprint density at radius 2 is 2.32 bits per heavy atom. The topological polar surface area (TPSA) is 76.0 Å². The van der Waals surface area contributed by atoms with Crippen LogP contribution in [0.2, 0.25) is 5.02 Å². The maximum atomic E-state index is 12.4. The summed E-state index contributed by atoms with van der Waals surface area (Å²) in [6.45, 7) is 1.91. The van der Waals surface area contributed by atoms with Crippen LogP contribution in [-0.4, -0.2) is 39.2 Å². The molecule has 1 aliphatic heterocycles. The van der Waals surface area contributed by atoms with Crippen LogP contribution in [0, 0.1) is 0 Å². The Morgan fingerprint density at radius 3 is 3.04 bits per heavy atom. The number of carbonyl (C=O) groups excluding carboxylic acids is 1. The summed E-state index contributed by atoms with van der Waals surface area (Å²) in [4.78, 5) is 12.4. The maximum absolute atomic E-state index is 12.4. The molecule has 2 aromatic rings. The van der Waals surface area contributed by atoms with Gasteiger partial charge in [0.2, 0.25) is 0 Å². The van der Waals surface area contributed by atoms with Crippen LogP contribution in [0.15, 0.2) is 30.5 Å². The van der Waals surface area contributed by atoms with Crippen LogP contribution in [0.4, 0.5) is 5.69 Å². The Labute approximate surface area is 154 Å². The molecule has 0 saturated carbocycles. The molecule has 2 atom stereocenters. The molecular formula is C17H21ClN4O2S. The molecule has 1 aromatic heterocycles. The Bertz CT molecular complexity index is 787. The number of amides is 1. The van der Waals surface area contributed by atoms with Crippen LogP contribution in [0.25, 0.3) is 0 Å². The monoisotopic (exact) mass is 380 g/mol. The predicted molar refractivity (Wildman–Crippen MR) is 101 cm³/mol. The molecule has 0 spiro atoms. The predicted octanol–water partition coefficient (Wildman–Crippen LogP) is 2.59. The SMILES string of the molecule is CS(=O)Cc1cc(NC(=O)c2ccn(C3CCCNC3)n2)ccc1Cl. The fourth-order valence-corrected chi connectivity index (χ4v) is 3.84. The van der Waals surface area contributed by atoms with Crippen LogP contribution in [0.5, 0.6) is 0 Å². The number of benzene rings is 1. The molecule has 25 heavy (non-hydrogen) atoms. The average Bonchev–Trinajstić information content (AvgIpc) is 3.08. The number of hydrogen-bond acceptors (Lipinski definition) is 4. The lowest BCUT2D eigenvalue weighted by Gasteiger charge is -2.22. The minimum Gasteiger partial charge on any atom is -0.321 e. The fourth-order valence-electron chi connectivity index (χ4n) is 2.90. The molecule has 1 fully saturated rings. The maximum Gasteiger partial charge on any atom is 0.276 e. The van der Waals surface area contributed by atoms with Crippen molar-refractivity contribution in [3.05, 3.63) is 46.7 Å². The fraction of sp³-hybridized carbons (Fsp3) is 0.412. The zero-order valence-electron chi connectivity index (χ0n) is 14.0. The van der Waals surface area contributed by atoms with Gasteiger partial charge in [0.15, 0.2) is 5.69 Å². The molecule has 0 aliphatic carbocycles. The summed E-state index contributed by atoms with van der Waals surface area (Å²) < 4.78 is 13.3. The second-order valence-electron chi connectivity index (χ2n) is 6.16. The summed E-state index contributed by atoms with van der Waals surface area (Å²) in [6, 6.07) is 7.19. The summed E-state index contributed by atoms with van der Waals surface area (Å²) in [5, 5.41) is 11.1. The Kier molecular flexibility index (Phi) is 5.88. The van der Waals surface area contributed by atoms with E-state index in [1.807, 2.05) is 10.9 Å². The van der Waals surface area contributed by atoms with Gasteiger partial charge in [-0.1, -0.05) is 11.6 Å². The molecular weight excluding hydrogens is 360 g/mol. The van der Waals surface area contributed by atoms with E-state index in [9.17, 15) is 9.00 Å². The van der Waals surface area contributed by atoms with Crippen LogP contribution in [0.3, 0.4) is 0 Å². The number of nitrogens with one attached hydrogen (secondary N) is 2. The van der Waals surface area contributed by atoms with E-state index in [-0.39, 0.29) is 11.9 Å². The van der Waals surface area contributed by atoms with Gasteiger partial charge in [0.1, 0.15) is 0 Å². The van der Waals surface area contributed by atoms with Crippen molar-refractivity contribution in [1.82, 2.24) is 15.1 Å². The first-order valence-corrected chi connectivity index (χ1v) is 10.3. The molecule has 0 bridgehead atoms. The first kappa shape index (κ1) is 18.1. The molecule has 1 aliphatic rings. The molecule has 8 heteroatoms. The Morgan fingerprint density at radius 1 is 1.48 bits per heavy atom. The smallest absolute Gasteiger partial charge is 0.276 e. The number of rotatable bonds is 5. The van der Waals surface area contributed by atoms with Crippen molar-refractivity contribution in [3.63, 3.8) is 0 Å². The minimum absolute atomic E-state index is 0.270. The third kappa shape index (κ3) is 4.68. The van der Waals surface area contributed by atoms with Gasteiger partial charge in [0.05, 0.1) is 6.04 Å². The van der Waals surface area contributed by atoms with Crippen molar-refractivity contribution >= 4 is 34.0 Å². The minimum atomic E-state index is -1.00. The van der Waals surface area contributed by atoms with Gasteiger partial charge in [-0.05, 0) is 49.2 Å². The summed E-state index contributed by atoms with van der Waals surface area (Å²) in [5.74, 6) is 0.0830. The van der Waals surface area contributed by atoms with Gasteiger partial charge in [-0.15, -0.1) is 0 Å². The van der Waals surface area contributed by atoms with Gasteiger partial charge in [0.25, 0.3) is 5.91 Å². The molecule has 2 heterocycles. The van der Waals surface area contributed by atoms with Crippen molar-refractivity contribution in [3.8, 4) is 0 Å². The van der Waals surface area contributed by atoms with Crippen LogP contribution in [0.1, 0.15) is 34.9 Å². The van der Waals surface area contributed by atoms with Gasteiger partial charge in [-0.2, -0.15) is 5.10 Å². The quantitative estimate of drug-likeness (QED) is 0.835. The number of piperidine rings is 1. The number of nitrogens with zero attached hydrogens (tertiary/aromatic N) is 2. The van der Waals surface area contributed by atoms with Gasteiger partial charge in [-0.25, -0.2) is 0 Å². The zero-order valence-corrected chi connectivity index (χ0v) is 15.6. The molecule has 0 radical (unpaired) electrons. The highest BCUT2D eigenvalue weighted by Crippen LogP contribution is 2.22. The standard InChI is InChI=1S/C17H21ClN4O2S/c1-25(24)11-12-9-13(4-5-15(12)18)20-17(23)16-6-8-22(21-16)14-3-2-7-19-10-14/h4-6,8-9,14,19H,2-3,7,10-11H2,1H3,(H,20,23). The summed E-state index contributed by atoms with van der Waals surface area (Å²) in [7, 11) is -1.00. The van der Waals surface area contributed by atoms with E-state index in [4.69, 9.17) is 11.6 Å². The molecule has 6 nitrogen and oxygen atoms in total. The molecule has 3 rings (SSSR count). The van der Waals surface area contributed by atoms with E-state index in [1.165, 1.54) is 0 Å². The first-order valence-electron chi connectivity index (χ1n) is 8.18. The molecule has 1 amide bonds. The van der Waals surface area contributed by atoms with E-state index in [1.54, 1.807) is 30.5 Å². The lowest BCUT2D eigenvalue weighted by atomic mass is 10.1. The van der Waals surface area contributed by atoms with Crippen LogP contribution in [-0.2, 0) is 16.6 Å². The molecule has 2 unspecified atom stereocenters. The third-order valence-electron chi connectivity index (χ3n) is 4.15. The van der Waals surface area contributed by atoms with Crippen LogP contribution >= 0.6 is 11.6 Å². The molecule has 1 saturated heterocycles. The van der Waals surface area contributed by atoms with Crippen LogP contribution < -0.4 is 10.6 Å². The highest BCUT2D eigenvalue weighted by Gasteiger charge is 2.18. The highest BCUT2D eigenvalue weighted by atomic mass is 35.5. The zero-order chi connectivity index (χ0) is 17.8. The number of halogens is 1. The van der Waals surface area contributed by atoms with E-state index in [2.05, 4.69) is 15.7 Å². The largest absolute Gasteiger partial charge is 0.321 e. The Hall–Kier alpha value is -1.70. The van der Waals surface area contributed by atoms with Gasteiger partial charge in [-0.3, -0.25) is 13.7 Å². The molecule has 2 N–H and O–H groups in total. The Balaban J connectivity index is 1.70. The summed E-state index contributed by atoms with van der Waals surface area (Å²) >= 11 is 6.11. The van der Waals surface area contributed by atoms with Gasteiger partial charge >= 0.3 is 0 Å². The van der Waals surface area contributed by atoms with Crippen molar-refractivity contribution in [2.75, 3.05) is 24.7 Å². The lowest BCUT2D eigenvalue weighted by Crippen LogP contribution is -2.32. The number of aromatic nitrogens is 2. The third-order valence-corrected chi connectivity index (χ3v) is 5.23. The second-order valence-corrected chi connectivity index (χ2v) is 8.00. The van der Waals surface area contributed by atoms with E-state index < -0.39 is 10.8 Å². The second kappa shape index (κ2) is 8.12. The van der Waals surface area contributed by atoms with Crippen molar-refractivity contribution in [2.24, 2.45) is 0 Å². The van der Waals surface area contributed by atoms with E-state index >= 15 is 0 Å². The number of anilines is 1. The van der Waals surface area contributed by atoms with Crippen molar-refractivity contribution in [2.45, 2.75) is 24.6 Å². The van der Waals surface area contributed by atoms with Gasteiger partial charge in [0, 0.05) is 46.3 Å². The van der Waals surface area contributed by atoms with Gasteiger partial charge < -0.3 is 10.6 Å². The van der Waals surface area contributed by atoms with E-state index in [0.717, 1.165) is 31.5 Å². The van der Waals surface area contributed by atoms with Crippen molar-refractivity contribution < 1.29 is 9.00 Å².